The smallest absolute Gasteiger partial charge is 0.000770 e. The summed E-state index contributed by atoms with van der Waals surface area (Å²) in [6.45, 7) is 11.7. The molecule has 0 amide bonds. The van der Waals surface area contributed by atoms with Crippen LogP contribution in [0.4, 0.5) is 0 Å². The average molecular weight is 270 g/mol. The van der Waals surface area contributed by atoms with E-state index in [2.05, 4.69) is 33.0 Å². The van der Waals surface area contributed by atoms with Crippen LogP contribution in [0, 0.1) is 5.41 Å². The molecule has 0 bridgehead atoms. The number of nitrogens with one attached hydrogen (secondary N) is 1. The van der Waals surface area contributed by atoms with E-state index in [0.29, 0.717) is 5.41 Å². The minimum atomic E-state index is 0.581. The molecule has 0 radical (unpaired) electrons. The fraction of sp³-hybridized carbons (Fsp3) is 1.00. The van der Waals surface area contributed by atoms with Gasteiger partial charge in [0.1, 0.15) is 0 Å². The molecule has 0 aromatic heterocycles. The summed E-state index contributed by atoms with van der Waals surface area (Å²) < 4.78 is 0. The van der Waals surface area contributed by atoms with Crippen LogP contribution in [0.3, 0.4) is 0 Å². The molecular formula is C18H39N. The Morgan fingerprint density at radius 3 is 1.89 bits per heavy atom. The van der Waals surface area contributed by atoms with Crippen LogP contribution in [0.25, 0.3) is 0 Å². The molecule has 0 fully saturated rings. The van der Waals surface area contributed by atoms with Crippen molar-refractivity contribution in [3.05, 3.63) is 0 Å². The third-order valence-electron chi connectivity index (χ3n) is 4.55. The van der Waals surface area contributed by atoms with E-state index in [1.165, 1.54) is 83.7 Å². The number of unbranched alkanes of at least 4 members (excludes halogenated alkanes) is 5. The van der Waals surface area contributed by atoms with E-state index >= 15 is 0 Å². The Balaban J connectivity index is 4.11. The highest BCUT2D eigenvalue weighted by Gasteiger charge is 2.26. The molecular weight excluding hydrogens is 230 g/mol. The lowest BCUT2D eigenvalue weighted by Gasteiger charge is -2.33. The molecule has 0 aromatic carbocycles. The van der Waals surface area contributed by atoms with Crippen molar-refractivity contribution in [2.24, 2.45) is 5.41 Å². The van der Waals surface area contributed by atoms with Crippen LogP contribution in [0.1, 0.15) is 98.3 Å². The zero-order chi connectivity index (χ0) is 14.4. The zero-order valence-electron chi connectivity index (χ0n) is 14.2. The van der Waals surface area contributed by atoms with Crippen molar-refractivity contribution in [1.82, 2.24) is 5.32 Å². The largest absolute Gasteiger partial charge is 0.316 e. The Labute approximate surface area is 122 Å². The van der Waals surface area contributed by atoms with Gasteiger partial charge in [-0.3, -0.25) is 0 Å². The van der Waals surface area contributed by atoms with E-state index in [4.69, 9.17) is 0 Å². The fourth-order valence-electron chi connectivity index (χ4n) is 2.97. The van der Waals surface area contributed by atoms with Gasteiger partial charge in [0.25, 0.3) is 0 Å². The molecule has 1 atom stereocenters. The molecule has 1 heteroatoms. The minimum absolute atomic E-state index is 0.581. The van der Waals surface area contributed by atoms with Gasteiger partial charge in [0, 0.05) is 6.54 Å². The lowest BCUT2D eigenvalue weighted by atomic mass is 9.75. The summed E-state index contributed by atoms with van der Waals surface area (Å²) in [6, 6.07) is 0. The summed E-state index contributed by atoms with van der Waals surface area (Å²) in [5.41, 5.74) is 0.581. The first-order chi connectivity index (χ1) is 9.24. The first-order valence-electron chi connectivity index (χ1n) is 8.95. The Morgan fingerprint density at radius 2 is 1.32 bits per heavy atom. The predicted octanol–water partition coefficient (Wildman–Crippen LogP) is 5.93. The normalized spacial score (nSPS) is 14.5. The van der Waals surface area contributed by atoms with Gasteiger partial charge in [-0.15, -0.1) is 0 Å². The van der Waals surface area contributed by atoms with Crippen LogP contribution < -0.4 is 5.32 Å². The van der Waals surface area contributed by atoms with Crippen molar-refractivity contribution in [1.29, 1.82) is 0 Å². The van der Waals surface area contributed by atoms with Crippen molar-refractivity contribution in [2.75, 3.05) is 13.1 Å². The summed E-state index contributed by atoms with van der Waals surface area (Å²) in [5, 5.41) is 3.69. The highest BCUT2D eigenvalue weighted by Crippen LogP contribution is 2.34. The van der Waals surface area contributed by atoms with E-state index in [-0.39, 0.29) is 0 Å². The number of hydrogen-bond acceptors (Lipinski definition) is 1. The van der Waals surface area contributed by atoms with Gasteiger partial charge in [0.15, 0.2) is 0 Å². The van der Waals surface area contributed by atoms with Gasteiger partial charge in [-0.1, -0.05) is 72.6 Å². The highest BCUT2D eigenvalue weighted by atomic mass is 14.9. The lowest BCUT2D eigenvalue weighted by Crippen LogP contribution is -2.34. The van der Waals surface area contributed by atoms with Crippen molar-refractivity contribution in [3.8, 4) is 0 Å². The maximum absolute atomic E-state index is 3.69. The van der Waals surface area contributed by atoms with Gasteiger partial charge in [-0.05, 0) is 37.6 Å². The molecule has 0 aliphatic heterocycles. The first kappa shape index (κ1) is 19.0. The maximum Gasteiger partial charge on any atom is 0.000770 e. The molecule has 0 aromatic rings. The van der Waals surface area contributed by atoms with Crippen LogP contribution in [0.5, 0.6) is 0 Å². The van der Waals surface area contributed by atoms with Crippen LogP contribution >= 0.6 is 0 Å². The summed E-state index contributed by atoms with van der Waals surface area (Å²) in [6.07, 6.45) is 15.3. The van der Waals surface area contributed by atoms with E-state index < -0.39 is 0 Å². The topological polar surface area (TPSA) is 12.0 Å². The van der Waals surface area contributed by atoms with Gasteiger partial charge in [0.05, 0.1) is 0 Å². The Hall–Kier alpha value is -0.0400. The number of rotatable bonds is 14. The van der Waals surface area contributed by atoms with Gasteiger partial charge in [-0.2, -0.15) is 0 Å². The minimum Gasteiger partial charge on any atom is -0.316 e. The van der Waals surface area contributed by atoms with Gasteiger partial charge in [0.2, 0.25) is 0 Å². The second kappa shape index (κ2) is 13.0. The van der Waals surface area contributed by atoms with Crippen LogP contribution in [0.2, 0.25) is 0 Å². The third kappa shape index (κ3) is 9.49. The van der Waals surface area contributed by atoms with E-state index in [9.17, 15) is 0 Å². The Morgan fingerprint density at radius 1 is 0.684 bits per heavy atom. The van der Waals surface area contributed by atoms with Crippen LogP contribution in [0.15, 0.2) is 0 Å². The maximum atomic E-state index is 3.69. The molecule has 116 valence electrons. The molecule has 0 aliphatic carbocycles. The molecule has 0 saturated carbocycles. The quantitative estimate of drug-likeness (QED) is 0.385. The molecule has 0 rings (SSSR count). The number of hydrogen-bond donors (Lipinski definition) is 1. The Bertz CT molecular complexity index is 179. The third-order valence-corrected chi connectivity index (χ3v) is 4.55. The van der Waals surface area contributed by atoms with E-state index in [0.717, 1.165) is 0 Å². The molecule has 0 heterocycles. The second-order valence-electron chi connectivity index (χ2n) is 6.30. The van der Waals surface area contributed by atoms with Crippen molar-refractivity contribution in [3.63, 3.8) is 0 Å². The van der Waals surface area contributed by atoms with E-state index in [1.807, 2.05) is 0 Å². The SMILES string of the molecule is CCCCCCCC(CC)(CCCC)CNCCC. The van der Waals surface area contributed by atoms with E-state index in [1.54, 1.807) is 0 Å². The van der Waals surface area contributed by atoms with Gasteiger partial charge < -0.3 is 5.32 Å². The Kier molecular flexibility index (Phi) is 12.9. The molecule has 1 unspecified atom stereocenters. The zero-order valence-corrected chi connectivity index (χ0v) is 14.2. The fourth-order valence-corrected chi connectivity index (χ4v) is 2.97. The monoisotopic (exact) mass is 269 g/mol. The summed E-state index contributed by atoms with van der Waals surface area (Å²) in [5.74, 6) is 0. The van der Waals surface area contributed by atoms with Crippen LogP contribution in [-0.4, -0.2) is 13.1 Å². The second-order valence-corrected chi connectivity index (χ2v) is 6.30. The highest BCUT2D eigenvalue weighted by molar-refractivity contribution is 4.80. The first-order valence-corrected chi connectivity index (χ1v) is 8.95. The molecule has 0 saturated heterocycles. The van der Waals surface area contributed by atoms with Gasteiger partial charge >= 0.3 is 0 Å². The van der Waals surface area contributed by atoms with Crippen LogP contribution in [-0.2, 0) is 0 Å². The standard InChI is InChI=1S/C18H39N/c1-5-9-11-12-13-15-18(8-4,14-10-6-2)17-19-16-7-3/h19H,5-17H2,1-4H3. The molecule has 0 spiro atoms. The summed E-state index contributed by atoms with van der Waals surface area (Å²) in [4.78, 5) is 0. The van der Waals surface area contributed by atoms with Crippen molar-refractivity contribution < 1.29 is 0 Å². The van der Waals surface area contributed by atoms with Crippen molar-refractivity contribution >= 4 is 0 Å². The summed E-state index contributed by atoms with van der Waals surface area (Å²) in [7, 11) is 0. The molecule has 19 heavy (non-hydrogen) atoms. The average Bonchev–Trinajstić information content (AvgIpc) is 2.44. The predicted molar refractivity (Wildman–Crippen MR) is 88.8 cm³/mol. The molecule has 0 aliphatic rings. The van der Waals surface area contributed by atoms with Crippen molar-refractivity contribution in [2.45, 2.75) is 98.3 Å². The van der Waals surface area contributed by atoms with Gasteiger partial charge in [-0.25, -0.2) is 0 Å². The summed E-state index contributed by atoms with van der Waals surface area (Å²) >= 11 is 0. The lowest BCUT2D eigenvalue weighted by molar-refractivity contribution is 0.205. The molecule has 1 N–H and O–H groups in total. The molecule has 1 nitrogen and oxygen atoms in total.